The lowest BCUT2D eigenvalue weighted by molar-refractivity contribution is -0.136. The van der Waals surface area contributed by atoms with Crippen LogP contribution in [0.4, 0.5) is 11.4 Å². The van der Waals surface area contributed by atoms with E-state index in [1.807, 2.05) is 19.1 Å². The standard InChI is InChI=1S/C26H25BrN4O6/c1-3-36-21-7-5-4-6-20(21)30-25(33)26(34)31-28-15-17-8-13-22(23(14-17)35-2)37-16-24(32)29-19-11-9-18(27)10-12-19/h4-15H,3,16H2,1-2H3,(H,29,32)(H,30,33)(H,31,34)/b28-15-. The van der Waals surface area contributed by atoms with Crippen molar-refractivity contribution in [3.63, 3.8) is 0 Å². The van der Waals surface area contributed by atoms with E-state index in [-0.39, 0.29) is 12.5 Å². The van der Waals surface area contributed by atoms with Crippen LogP contribution in [0.25, 0.3) is 0 Å². The molecule has 0 radical (unpaired) electrons. The van der Waals surface area contributed by atoms with Crippen LogP contribution in [0.5, 0.6) is 17.2 Å². The summed E-state index contributed by atoms with van der Waals surface area (Å²) in [5, 5.41) is 9.04. The van der Waals surface area contributed by atoms with Crippen LogP contribution in [0.1, 0.15) is 12.5 Å². The van der Waals surface area contributed by atoms with E-state index >= 15 is 0 Å². The molecule has 10 nitrogen and oxygen atoms in total. The molecule has 0 saturated heterocycles. The second-order valence-corrected chi connectivity index (χ2v) is 8.25. The number of carbonyl (C=O) groups excluding carboxylic acids is 3. The van der Waals surface area contributed by atoms with Crippen LogP contribution in [0.2, 0.25) is 0 Å². The second kappa shape index (κ2) is 13.6. The number of nitrogens with one attached hydrogen (secondary N) is 3. The van der Waals surface area contributed by atoms with E-state index in [0.717, 1.165) is 4.47 Å². The van der Waals surface area contributed by atoms with E-state index in [9.17, 15) is 14.4 Å². The zero-order valence-electron chi connectivity index (χ0n) is 20.1. The first-order valence-electron chi connectivity index (χ1n) is 11.1. The summed E-state index contributed by atoms with van der Waals surface area (Å²) in [6, 6.07) is 18.8. The molecule has 0 aliphatic rings. The van der Waals surface area contributed by atoms with Crippen molar-refractivity contribution in [3.8, 4) is 17.2 Å². The highest BCUT2D eigenvalue weighted by Gasteiger charge is 2.15. The Kier molecular flexibility index (Phi) is 10.0. The van der Waals surface area contributed by atoms with Gasteiger partial charge in [0.05, 0.1) is 25.6 Å². The number of halogens is 1. The van der Waals surface area contributed by atoms with Crippen LogP contribution in [0.15, 0.2) is 76.3 Å². The van der Waals surface area contributed by atoms with Crippen molar-refractivity contribution in [1.29, 1.82) is 0 Å². The van der Waals surface area contributed by atoms with E-state index in [2.05, 4.69) is 37.1 Å². The molecule has 192 valence electrons. The smallest absolute Gasteiger partial charge is 0.329 e. The highest BCUT2D eigenvalue weighted by Crippen LogP contribution is 2.27. The SMILES string of the molecule is CCOc1ccccc1NC(=O)C(=O)N/N=C\c1ccc(OCC(=O)Nc2ccc(Br)cc2)c(OC)c1. The average Bonchev–Trinajstić information content (AvgIpc) is 2.90. The molecule has 3 N–H and O–H groups in total. The van der Waals surface area contributed by atoms with Crippen molar-refractivity contribution in [2.45, 2.75) is 6.92 Å². The Bertz CT molecular complexity index is 1280. The normalized spacial score (nSPS) is 10.5. The van der Waals surface area contributed by atoms with Crippen molar-refractivity contribution in [2.75, 3.05) is 31.0 Å². The minimum absolute atomic E-state index is 0.225. The molecule has 3 amide bonds. The molecule has 3 rings (SSSR count). The van der Waals surface area contributed by atoms with Gasteiger partial charge in [0.2, 0.25) is 0 Å². The summed E-state index contributed by atoms with van der Waals surface area (Å²) in [6.07, 6.45) is 1.34. The molecular weight excluding hydrogens is 544 g/mol. The zero-order chi connectivity index (χ0) is 26.6. The highest BCUT2D eigenvalue weighted by atomic mass is 79.9. The fraction of sp³-hybridized carbons (Fsp3) is 0.154. The van der Waals surface area contributed by atoms with E-state index < -0.39 is 11.8 Å². The van der Waals surface area contributed by atoms with Crippen LogP contribution in [0.3, 0.4) is 0 Å². The summed E-state index contributed by atoms with van der Waals surface area (Å²) < 4.78 is 17.2. The van der Waals surface area contributed by atoms with Crippen molar-refractivity contribution >= 4 is 51.2 Å². The molecule has 0 atom stereocenters. The summed E-state index contributed by atoms with van der Waals surface area (Å²) in [6.45, 7) is 2.00. The van der Waals surface area contributed by atoms with Crippen LogP contribution in [-0.4, -0.2) is 44.3 Å². The molecule has 0 aromatic heterocycles. The first-order valence-corrected chi connectivity index (χ1v) is 11.9. The topological polar surface area (TPSA) is 127 Å². The number of ether oxygens (including phenoxy) is 3. The second-order valence-electron chi connectivity index (χ2n) is 7.34. The van der Waals surface area contributed by atoms with Gasteiger partial charge in [-0.15, -0.1) is 0 Å². The molecule has 0 spiro atoms. The average molecular weight is 569 g/mol. The van der Waals surface area contributed by atoms with Crippen molar-refractivity contribution in [1.82, 2.24) is 5.43 Å². The predicted molar refractivity (Wildman–Crippen MR) is 143 cm³/mol. The Morgan fingerprint density at radius 2 is 1.65 bits per heavy atom. The maximum absolute atomic E-state index is 12.2. The molecule has 3 aromatic carbocycles. The Labute approximate surface area is 222 Å². The van der Waals surface area contributed by atoms with Gasteiger partial charge in [-0.25, -0.2) is 5.43 Å². The van der Waals surface area contributed by atoms with Crippen molar-refractivity contribution in [2.24, 2.45) is 5.10 Å². The fourth-order valence-corrected chi connectivity index (χ4v) is 3.27. The molecule has 0 unspecified atom stereocenters. The molecule has 3 aromatic rings. The summed E-state index contributed by atoms with van der Waals surface area (Å²) >= 11 is 3.34. The van der Waals surface area contributed by atoms with Crippen LogP contribution in [-0.2, 0) is 14.4 Å². The number of hydrogen-bond donors (Lipinski definition) is 3. The summed E-state index contributed by atoms with van der Waals surface area (Å²) in [4.78, 5) is 36.5. The minimum atomic E-state index is -0.953. The van der Waals surface area contributed by atoms with Gasteiger partial charge >= 0.3 is 11.8 Å². The number of benzene rings is 3. The number of rotatable bonds is 10. The summed E-state index contributed by atoms with van der Waals surface area (Å²) in [5.41, 5.74) is 3.75. The third-order valence-corrected chi connectivity index (χ3v) is 5.22. The van der Waals surface area contributed by atoms with Gasteiger partial charge in [-0.1, -0.05) is 28.1 Å². The Balaban J connectivity index is 1.53. The lowest BCUT2D eigenvalue weighted by Crippen LogP contribution is -2.32. The molecule has 37 heavy (non-hydrogen) atoms. The molecule has 11 heteroatoms. The molecule has 0 aliphatic heterocycles. The van der Waals surface area contributed by atoms with Crippen LogP contribution in [0, 0.1) is 0 Å². The van der Waals surface area contributed by atoms with E-state index in [0.29, 0.717) is 40.8 Å². The minimum Gasteiger partial charge on any atom is -0.493 e. The molecule has 0 fully saturated rings. The number of hydrazone groups is 1. The third kappa shape index (κ3) is 8.36. The van der Waals surface area contributed by atoms with Crippen LogP contribution >= 0.6 is 15.9 Å². The van der Waals surface area contributed by atoms with Crippen molar-refractivity contribution in [3.05, 3.63) is 76.8 Å². The van der Waals surface area contributed by atoms with Gasteiger partial charge < -0.3 is 24.8 Å². The number of methoxy groups -OCH3 is 1. The number of anilines is 2. The highest BCUT2D eigenvalue weighted by molar-refractivity contribution is 9.10. The number of para-hydroxylation sites is 2. The first kappa shape index (κ1) is 27.2. The first-order chi connectivity index (χ1) is 17.9. The van der Waals surface area contributed by atoms with Gasteiger partial charge in [-0.3, -0.25) is 14.4 Å². The Morgan fingerprint density at radius 1 is 0.892 bits per heavy atom. The number of nitrogens with zero attached hydrogens (tertiary/aromatic N) is 1. The quantitative estimate of drug-likeness (QED) is 0.193. The van der Waals surface area contributed by atoms with Gasteiger partial charge in [-0.05, 0) is 67.1 Å². The lowest BCUT2D eigenvalue weighted by Gasteiger charge is -2.11. The molecule has 0 aliphatic carbocycles. The largest absolute Gasteiger partial charge is 0.493 e. The van der Waals surface area contributed by atoms with Crippen molar-refractivity contribution < 1.29 is 28.6 Å². The zero-order valence-corrected chi connectivity index (χ0v) is 21.7. The summed E-state index contributed by atoms with van der Waals surface area (Å²) in [7, 11) is 1.46. The number of carbonyl (C=O) groups is 3. The number of hydrogen-bond acceptors (Lipinski definition) is 7. The van der Waals surface area contributed by atoms with Crippen LogP contribution < -0.4 is 30.3 Å². The Hall–Kier alpha value is -4.38. The lowest BCUT2D eigenvalue weighted by atomic mass is 10.2. The van der Waals surface area contributed by atoms with Gasteiger partial charge in [0.25, 0.3) is 5.91 Å². The molecule has 0 heterocycles. The fourth-order valence-electron chi connectivity index (χ4n) is 3.00. The number of amides is 3. The monoisotopic (exact) mass is 568 g/mol. The predicted octanol–water partition coefficient (Wildman–Crippen LogP) is 3.96. The van der Waals surface area contributed by atoms with E-state index in [1.54, 1.807) is 54.6 Å². The van der Waals surface area contributed by atoms with E-state index in [4.69, 9.17) is 14.2 Å². The van der Waals surface area contributed by atoms with Gasteiger partial charge in [0.1, 0.15) is 5.75 Å². The maximum Gasteiger partial charge on any atom is 0.329 e. The maximum atomic E-state index is 12.2. The van der Waals surface area contributed by atoms with Gasteiger partial charge in [0.15, 0.2) is 18.1 Å². The van der Waals surface area contributed by atoms with Gasteiger partial charge in [0, 0.05) is 10.2 Å². The molecule has 0 saturated carbocycles. The molecule has 0 bridgehead atoms. The Morgan fingerprint density at radius 3 is 2.38 bits per heavy atom. The molecular formula is C26H25BrN4O6. The third-order valence-electron chi connectivity index (χ3n) is 4.70. The van der Waals surface area contributed by atoms with E-state index in [1.165, 1.54) is 13.3 Å². The summed E-state index contributed by atoms with van der Waals surface area (Å²) in [5.74, 6) is -1.02. The van der Waals surface area contributed by atoms with Gasteiger partial charge in [-0.2, -0.15) is 5.10 Å².